The molecule has 0 aromatic carbocycles. The van der Waals surface area contributed by atoms with E-state index < -0.39 is 6.10 Å². The van der Waals surface area contributed by atoms with Gasteiger partial charge >= 0.3 is 5.97 Å². The number of esters is 1. The first-order chi connectivity index (χ1) is 7.17. The lowest BCUT2D eigenvalue weighted by atomic mass is 10.1. The Hall–Kier alpha value is -0.650. The highest BCUT2D eigenvalue weighted by molar-refractivity contribution is 5.72. The van der Waals surface area contributed by atoms with Crippen LogP contribution in [0.1, 0.15) is 6.42 Å². The van der Waals surface area contributed by atoms with Gasteiger partial charge in [-0.1, -0.05) is 0 Å². The summed E-state index contributed by atoms with van der Waals surface area (Å²) in [7, 11) is 2.97. The molecule has 0 amide bonds. The van der Waals surface area contributed by atoms with Gasteiger partial charge in [-0.15, -0.1) is 0 Å². The van der Waals surface area contributed by atoms with Crippen LogP contribution in [0.5, 0.6) is 0 Å². The Balaban J connectivity index is 2.27. The Morgan fingerprint density at radius 2 is 2.33 bits per heavy atom. The molecule has 5 nitrogen and oxygen atoms in total. The van der Waals surface area contributed by atoms with Crippen LogP contribution in [0.15, 0.2) is 0 Å². The number of hydrogen-bond acceptors (Lipinski definition) is 5. The van der Waals surface area contributed by atoms with E-state index in [0.717, 1.165) is 13.0 Å². The predicted octanol–water partition coefficient (Wildman–Crippen LogP) is -0.511. The molecule has 1 rings (SSSR count). The zero-order valence-electron chi connectivity index (χ0n) is 9.31. The highest BCUT2D eigenvalue weighted by Gasteiger charge is 2.29. The van der Waals surface area contributed by atoms with Crippen molar-refractivity contribution in [1.29, 1.82) is 0 Å². The third-order valence-electron chi connectivity index (χ3n) is 2.63. The first-order valence-corrected chi connectivity index (χ1v) is 5.14. The van der Waals surface area contributed by atoms with E-state index in [-0.39, 0.29) is 11.9 Å². The summed E-state index contributed by atoms with van der Waals surface area (Å²) in [5.74, 6) is -0.191. The second-order valence-corrected chi connectivity index (χ2v) is 3.88. The van der Waals surface area contributed by atoms with Crippen LogP contribution in [0.4, 0.5) is 0 Å². The molecule has 2 atom stereocenters. The Bertz CT molecular complexity index is 210. The fourth-order valence-electron chi connectivity index (χ4n) is 1.90. The maximum absolute atomic E-state index is 11.2. The quantitative estimate of drug-likeness (QED) is 0.628. The van der Waals surface area contributed by atoms with Crippen molar-refractivity contribution in [2.75, 3.05) is 40.5 Å². The van der Waals surface area contributed by atoms with E-state index in [1.165, 1.54) is 7.11 Å². The zero-order chi connectivity index (χ0) is 11.3. The fourth-order valence-corrected chi connectivity index (χ4v) is 1.90. The van der Waals surface area contributed by atoms with Crippen LogP contribution >= 0.6 is 0 Å². The Kier molecular flexibility index (Phi) is 5.01. The van der Waals surface area contributed by atoms with Crippen molar-refractivity contribution in [2.45, 2.75) is 12.5 Å². The first kappa shape index (κ1) is 12.4. The molecule has 0 aliphatic carbocycles. The van der Waals surface area contributed by atoms with E-state index in [1.54, 1.807) is 7.11 Å². The molecule has 5 heteroatoms. The summed E-state index contributed by atoms with van der Waals surface area (Å²) in [6.45, 7) is 2.40. The minimum absolute atomic E-state index is 0.0373. The molecule has 2 unspecified atom stereocenters. The molecular formula is C10H19NO4. The summed E-state index contributed by atoms with van der Waals surface area (Å²) in [5, 5.41) is 9.51. The second-order valence-electron chi connectivity index (χ2n) is 3.88. The van der Waals surface area contributed by atoms with Gasteiger partial charge in [-0.3, -0.25) is 9.69 Å². The number of nitrogens with zero attached hydrogens (tertiary/aromatic N) is 1. The monoisotopic (exact) mass is 217 g/mol. The molecule has 1 aliphatic heterocycles. The number of hydrogen-bond donors (Lipinski definition) is 1. The highest BCUT2D eigenvalue weighted by Crippen LogP contribution is 2.17. The van der Waals surface area contributed by atoms with Crippen molar-refractivity contribution in [3.05, 3.63) is 0 Å². The third-order valence-corrected chi connectivity index (χ3v) is 2.63. The Morgan fingerprint density at radius 1 is 1.60 bits per heavy atom. The molecule has 1 saturated heterocycles. The number of β-amino-alcohol motifs (C(OH)–C–C–N with tert-alkyl or cyclic N) is 1. The molecule has 0 bridgehead atoms. The third kappa shape index (κ3) is 3.77. The smallest absolute Gasteiger partial charge is 0.310 e. The fraction of sp³-hybridized carbons (Fsp3) is 0.900. The molecular weight excluding hydrogens is 198 g/mol. The molecule has 1 aliphatic rings. The van der Waals surface area contributed by atoms with E-state index >= 15 is 0 Å². The minimum atomic E-state index is -0.480. The van der Waals surface area contributed by atoms with E-state index in [4.69, 9.17) is 4.74 Å². The average Bonchev–Trinajstić information content (AvgIpc) is 2.65. The number of carbonyl (C=O) groups excluding carboxylic acids is 1. The van der Waals surface area contributed by atoms with Crippen molar-refractivity contribution in [3.63, 3.8) is 0 Å². The van der Waals surface area contributed by atoms with Crippen molar-refractivity contribution >= 4 is 5.97 Å². The Morgan fingerprint density at radius 3 is 2.93 bits per heavy atom. The normalized spacial score (nSPS) is 24.1. The number of aliphatic hydroxyl groups is 1. The standard InChI is InChI=1S/C10H19NO4/c1-14-7-9(12)6-11-4-3-8(5-11)10(13)15-2/h8-9,12H,3-7H2,1-2H3. The van der Waals surface area contributed by atoms with Crippen LogP contribution < -0.4 is 0 Å². The molecule has 1 fully saturated rings. The molecule has 15 heavy (non-hydrogen) atoms. The maximum Gasteiger partial charge on any atom is 0.310 e. The molecule has 0 spiro atoms. The summed E-state index contributed by atoms with van der Waals surface area (Å²) in [4.78, 5) is 13.3. The Labute approximate surface area is 90.0 Å². The largest absolute Gasteiger partial charge is 0.469 e. The van der Waals surface area contributed by atoms with E-state index in [2.05, 4.69) is 9.64 Å². The lowest BCUT2D eigenvalue weighted by molar-refractivity contribution is -0.145. The van der Waals surface area contributed by atoms with Crippen molar-refractivity contribution < 1.29 is 19.4 Å². The number of carbonyl (C=O) groups is 1. The van der Waals surface area contributed by atoms with Gasteiger partial charge in [0.1, 0.15) is 0 Å². The molecule has 1 N–H and O–H groups in total. The van der Waals surface area contributed by atoms with Gasteiger partial charge in [0.25, 0.3) is 0 Å². The molecule has 88 valence electrons. The molecule has 0 aromatic heterocycles. The van der Waals surface area contributed by atoms with Crippen LogP contribution in [-0.2, 0) is 14.3 Å². The second kappa shape index (κ2) is 6.05. The summed E-state index contributed by atoms with van der Waals surface area (Å²) in [6, 6.07) is 0. The van der Waals surface area contributed by atoms with Crippen LogP contribution in [0.2, 0.25) is 0 Å². The highest BCUT2D eigenvalue weighted by atomic mass is 16.5. The van der Waals surface area contributed by atoms with Gasteiger partial charge in [0.2, 0.25) is 0 Å². The number of ether oxygens (including phenoxy) is 2. The van der Waals surface area contributed by atoms with Crippen LogP contribution in [0, 0.1) is 5.92 Å². The van der Waals surface area contributed by atoms with E-state index in [0.29, 0.717) is 19.7 Å². The van der Waals surface area contributed by atoms with Gasteiger partial charge in [-0.25, -0.2) is 0 Å². The van der Waals surface area contributed by atoms with E-state index in [9.17, 15) is 9.90 Å². The van der Waals surface area contributed by atoms with Gasteiger partial charge in [-0.05, 0) is 13.0 Å². The van der Waals surface area contributed by atoms with Crippen molar-refractivity contribution in [3.8, 4) is 0 Å². The average molecular weight is 217 g/mol. The number of likely N-dealkylation sites (tertiary alicyclic amines) is 1. The van der Waals surface area contributed by atoms with Crippen LogP contribution in [-0.4, -0.2) is 62.5 Å². The molecule has 0 aromatic rings. The first-order valence-electron chi connectivity index (χ1n) is 5.14. The summed E-state index contributed by atoms with van der Waals surface area (Å²) >= 11 is 0. The van der Waals surface area contributed by atoms with Gasteiger partial charge in [0.15, 0.2) is 0 Å². The van der Waals surface area contributed by atoms with Crippen molar-refractivity contribution in [1.82, 2.24) is 4.90 Å². The van der Waals surface area contributed by atoms with Gasteiger partial charge in [0, 0.05) is 20.2 Å². The van der Waals surface area contributed by atoms with Crippen molar-refractivity contribution in [2.24, 2.45) is 5.92 Å². The van der Waals surface area contributed by atoms with Crippen LogP contribution in [0.25, 0.3) is 0 Å². The predicted molar refractivity (Wildman–Crippen MR) is 54.4 cm³/mol. The summed E-state index contributed by atoms with van der Waals surface area (Å²) < 4.78 is 9.52. The van der Waals surface area contributed by atoms with Gasteiger partial charge in [-0.2, -0.15) is 0 Å². The summed E-state index contributed by atoms with van der Waals surface area (Å²) in [6.07, 6.45) is 0.332. The number of aliphatic hydroxyl groups excluding tert-OH is 1. The number of rotatable bonds is 5. The van der Waals surface area contributed by atoms with Crippen LogP contribution in [0.3, 0.4) is 0 Å². The summed E-state index contributed by atoms with van der Waals surface area (Å²) in [5.41, 5.74) is 0. The molecule has 1 heterocycles. The zero-order valence-corrected chi connectivity index (χ0v) is 9.31. The molecule has 0 radical (unpaired) electrons. The SMILES string of the molecule is COCC(O)CN1CCC(C(=O)OC)C1. The lowest BCUT2D eigenvalue weighted by Gasteiger charge is -2.19. The molecule has 0 saturated carbocycles. The minimum Gasteiger partial charge on any atom is -0.469 e. The topological polar surface area (TPSA) is 59.0 Å². The van der Waals surface area contributed by atoms with Gasteiger partial charge < -0.3 is 14.6 Å². The van der Waals surface area contributed by atoms with Gasteiger partial charge in [0.05, 0.1) is 25.7 Å². The maximum atomic E-state index is 11.2. The number of methoxy groups -OCH3 is 2. The van der Waals surface area contributed by atoms with E-state index in [1.807, 2.05) is 0 Å². The lowest BCUT2D eigenvalue weighted by Crippen LogP contribution is -2.34.